The van der Waals surface area contributed by atoms with Gasteiger partial charge in [-0.2, -0.15) is 0 Å². The lowest BCUT2D eigenvalue weighted by Gasteiger charge is -2.07. The van der Waals surface area contributed by atoms with Gasteiger partial charge in [-0.15, -0.1) is 11.3 Å². The summed E-state index contributed by atoms with van der Waals surface area (Å²) in [4.78, 5) is 12.2. The molecule has 0 fully saturated rings. The van der Waals surface area contributed by atoms with Crippen molar-refractivity contribution >= 4 is 28.6 Å². The Morgan fingerprint density at radius 3 is 2.75 bits per heavy atom. The van der Waals surface area contributed by atoms with Crippen molar-refractivity contribution in [2.45, 2.75) is 0 Å². The van der Waals surface area contributed by atoms with Crippen molar-refractivity contribution in [1.29, 1.82) is 0 Å². The van der Waals surface area contributed by atoms with E-state index in [1.54, 1.807) is 17.5 Å². The molecule has 0 saturated heterocycles. The fourth-order valence-electron chi connectivity index (χ4n) is 1.26. The van der Waals surface area contributed by atoms with Gasteiger partial charge in [-0.3, -0.25) is 4.79 Å². The van der Waals surface area contributed by atoms with Gasteiger partial charge in [0.1, 0.15) is 11.5 Å². The van der Waals surface area contributed by atoms with E-state index in [9.17, 15) is 9.18 Å². The lowest BCUT2D eigenvalue weighted by Crippen LogP contribution is -2.13. The molecule has 1 aromatic heterocycles. The Kier molecular flexibility index (Phi) is 2.87. The Hall–Kier alpha value is -1.88. The first kappa shape index (κ1) is 10.6. The lowest BCUT2D eigenvalue weighted by molar-refractivity contribution is 0.103. The van der Waals surface area contributed by atoms with Crippen molar-refractivity contribution in [1.82, 2.24) is 0 Å². The van der Waals surface area contributed by atoms with E-state index in [-0.39, 0.29) is 17.3 Å². The van der Waals surface area contributed by atoms with Crippen molar-refractivity contribution in [3.63, 3.8) is 0 Å². The van der Waals surface area contributed by atoms with Gasteiger partial charge in [0.15, 0.2) is 0 Å². The number of anilines is 2. The van der Waals surface area contributed by atoms with Crippen LogP contribution in [0.2, 0.25) is 0 Å². The minimum atomic E-state index is -0.537. The van der Waals surface area contributed by atoms with E-state index < -0.39 is 5.82 Å². The molecule has 82 valence electrons. The van der Waals surface area contributed by atoms with Crippen molar-refractivity contribution in [2.24, 2.45) is 0 Å². The third-order valence-electron chi connectivity index (χ3n) is 2.03. The number of carbonyl (C=O) groups excluding carboxylic acids is 1. The first-order valence-electron chi connectivity index (χ1n) is 4.57. The zero-order chi connectivity index (χ0) is 11.5. The van der Waals surface area contributed by atoms with E-state index in [2.05, 4.69) is 5.32 Å². The Morgan fingerprint density at radius 2 is 2.12 bits per heavy atom. The highest BCUT2D eigenvalue weighted by Gasteiger charge is 2.11. The molecule has 0 aliphatic heterocycles. The molecule has 2 rings (SSSR count). The Labute approximate surface area is 95.7 Å². The minimum Gasteiger partial charge on any atom is -0.397 e. The predicted octanol–water partition coefficient (Wildman–Crippen LogP) is 2.72. The Balaban J connectivity index is 2.25. The molecule has 0 unspecified atom stereocenters. The van der Waals surface area contributed by atoms with Crippen LogP contribution in [-0.4, -0.2) is 5.91 Å². The van der Waals surface area contributed by atoms with Crippen LogP contribution in [0.3, 0.4) is 0 Å². The lowest BCUT2D eigenvalue weighted by atomic mass is 10.2. The molecule has 3 N–H and O–H groups in total. The maximum Gasteiger partial charge on any atom is 0.265 e. The molecular weight excluding hydrogens is 227 g/mol. The zero-order valence-corrected chi connectivity index (χ0v) is 9.05. The number of halogens is 1. The van der Waals surface area contributed by atoms with Gasteiger partial charge in [0, 0.05) is 0 Å². The minimum absolute atomic E-state index is 0.0286. The predicted molar refractivity (Wildman–Crippen MR) is 63.1 cm³/mol. The third-order valence-corrected chi connectivity index (χ3v) is 2.90. The molecular formula is C11H9FN2OS. The number of thiophene rings is 1. The molecule has 0 aliphatic carbocycles. The van der Waals surface area contributed by atoms with E-state index in [0.29, 0.717) is 4.88 Å². The highest BCUT2D eigenvalue weighted by Crippen LogP contribution is 2.23. The van der Waals surface area contributed by atoms with Gasteiger partial charge < -0.3 is 11.1 Å². The van der Waals surface area contributed by atoms with E-state index in [4.69, 9.17) is 5.73 Å². The molecule has 0 saturated carbocycles. The van der Waals surface area contributed by atoms with Crippen LogP contribution in [0, 0.1) is 5.82 Å². The molecule has 0 spiro atoms. The molecule has 1 aromatic carbocycles. The highest BCUT2D eigenvalue weighted by molar-refractivity contribution is 7.12. The summed E-state index contributed by atoms with van der Waals surface area (Å²) in [6.45, 7) is 0. The average Bonchev–Trinajstić information content (AvgIpc) is 2.76. The molecule has 16 heavy (non-hydrogen) atoms. The molecule has 0 atom stereocenters. The monoisotopic (exact) mass is 236 g/mol. The van der Waals surface area contributed by atoms with Crippen LogP contribution in [0.25, 0.3) is 0 Å². The number of hydrogen-bond acceptors (Lipinski definition) is 3. The van der Waals surface area contributed by atoms with Crippen LogP contribution in [0.5, 0.6) is 0 Å². The Morgan fingerprint density at radius 1 is 1.31 bits per heavy atom. The van der Waals surface area contributed by atoms with Crippen LogP contribution >= 0.6 is 11.3 Å². The number of benzene rings is 1. The van der Waals surface area contributed by atoms with Gasteiger partial charge in [0.2, 0.25) is 0 Å². The summed E-state index contributed by atoms with van der Waals surface area (Å²) in [6.07, 6.45) is 0. The number of amides is 1. The van der Waals surface area contributed by atoms with E-state index >= 15 is 0 Å². The topological polar surface area (TPSA) is 55.1 Å². The quantitative estimate of drug-likeness (QED) is 0.788. The molecule has 1 heterocycles. The highest BCUT2D eigenvalue weighted by atomic mass is 32.1. The normalized spacial score (nSPS) is 10.1. The first-order chi connectivity index (χ1) is 7.68. The largest absolute Gasteiger partial charge is 0.397 e. The van der Waals surface area contributed by atoms with Gasteiger partial charge in [0.05, 0.1) is 10.6 Å². The van der Waals surface area contributed by atoms with Gasteiger partial charge in [-0.05, 0) is 23.6 Å². The second-order valence-electron chi connectivity index (χ2n) is 3.14. The summed E-state index contributed by atoms with van der Waals surface area (Å²) in [5.74, 6) is -0.892. The number of hydrogen-bond donors (Lipinski definition) is 2. The zero-order valence-electron chi connectivity index (χ0n) is 8.24. The van der Waals surface area contributed by atoms with Crippen LogP contribution in [-0.2, 0) is 0 Å². The molecule has 0 radical (unpaired) electrons. The van der Waals surface area contributed by atoms with Crippen LogP contribution < -0.4 is 11.1 Å². The maximum atomic E-state index is 13.4. The van der Waals surface area contributed by atoms with E-state index in [0.717, 1.165) is 0 Å². The number of nitrogens with two attached hydrogens (primary N) is 1. The summed E-state index contributed by atoms with van der Waals surface area (Å²) in [5.41, 5.74) is 5.81. The Bertz CT molecular complexity index is 490. The summed E-state index contributed by atoms with van der Waals surface area (Å²) >= 11 is 1.29. The molecule has 5 heteroatoms. The summed E-state index contributed by atoms with van der Waals surface area (Å²) < 4.78 is 13.4. The van der Waals surface area contributed by atoms with Crippen LogP contribution in [0.15, 0.2) is 35.7 Å². The maximum absolute atomic E-state index is 13.4. The standard InChI is InChI=1S/C11H9FN2OS/c12-7-3-1-4-8(13)10(7)14-11(15)9-5-2-6-16-9/h1-6H,13H2,(H,14,15). The summed E-state index contributed by atoms with van der Waals surface area (Å²) in [5, 5.41) is 4.23. The van der Waals surface area contributed by atoms with E-state index in [1.165, 1.54) is 29.5 Å². The second-order valence-corrected chi connectivity index (χ2v) is 4.08. The number of nitrogens with one attached hydrogen (secondary N) is 1. The van der Waals surface area contributed by atoms with Gasteiger partial charge >= 0.3 is 0 Å². The van der Waals surface area contributed by atoms with Gasteiger partial charge in [0.25, 0.3) is 5.91 Å². The molecule has 1 amide bonds. The third kappa shape index (κ3) is 2.04. The van der Waals surface area contributed by atoms with Crippen molar-refractivity contribution in [3.05, 3.63) is 46.4 Å². The molecule has 0 aliphatic rings. The van der Waals surface area contributed by atoms with Crippen molar-refractivity contribution in [2.75, 3.05) is 11.1 Å². The number of para-hydroxylation sites is 1. The number of nitrogen functional groups attached to an aromatic ring is 1. The molecule has 3 nitrogen and oxygen atoms in total. The van der Waals surface area contributed by atoms with Crippen LogP contribution in [0.1, 0.15) is 9.67 Å². The average molecular weight is 236 g/mol. The van der Waals surface area contributed by atoms with Crippen molar-refractivity contribution in [3.8, 4) is 0 Å². The first-order valence-corrected chi connectivity index (χ1v) is 5.45. The molecule has 0 bridgehead atoms. The smallest absolute Gasteiger partial charge is 0.265 e. The number of carbonyl (C=O) groups is 1. The van der Waals surface area contributed by atoms with Gasteiger partial charge in [-0.25, -0.2) is 4.39 Å². The summed E-state index contributed by atoms with van der Waals surface area (Å²) in [6, 6.07) is 7.69. The van der Waals surface area contributed by atoms with E-state index in [1.807, 2.05) is 0 Å². The fraction of sp³-hybridized carbons (Fsp3) is 0. The fourth-order valence-corrected chi connectivity index (χ4v) is 1.87. The molecule has 2 aromatic rings. The van der Waals surface area contributed by atoms with Crippen molar-refractivity contribution < 1.29 is 9.18 Å². The SMILES string of the molecule is Nc1cccc(F)c1NC(=O)c1cccs1. The number of rotatable bonds is 2. The van der Waals surface area contributed by atoms with Gasteiger partial charge in [-0.1, -0.05) is 12.1 Å². The summed E-state index contributed by atoms with van der Waals surface area (Å²) in [7, 11) is 0. The van der Waals surface area contributed by atoms with Crippen LogP contribution in [0.4, 0.5) is 15.8 Å². The second kappa shape index (κ2) is 4.32.